The average Bonchev–Trinajstić information content (AvgIpc) is 3.36. The molecule has 0 amide bonds. The summed E-state index contributed by atoms with van der Waals surface area (Å²) in [6.45, 7) is 2.42. The summed E-state index contributed by atoms with van der Waals surface area (Å²) in [5, 5.41) is 3.99. The third-order valence-corrected chi connectivity index (χ3v) is 6.06. The number of rotatable bonds is 5. The highest BCUT2D eigenvalue weighted by atomic mass is 19.3. The van der Waals surface area contributed by atoms with Gasteiger partial charge in [-0.1, -0.05) is 0 Å². The lowest BCUT2D eigenvalue weighted by molar-refractivity contribution is 0.123. The Labute approximate surface area is 171 Å². The van der Waals surface area contributed by atoms with Gasteiger partial charge in [-0.2, -0.15) is 5.10 Å². The molecular formula is C20H22F3N7. The van der Waals surface area contributed by atoms with Gasteiger partial charge in [0.2, 0.25) is 0 Å². The molecule has 2 atom stereocenters. The van der Waals surface area contributed by atoms with Crippen LogP contribution in [0.4, 0.5) is 24.8 Å². The normalized spacial score (nSPS) is 21.6. The van der Waals surface area contributed by atoms with E-state index >= 15 is 0 Å². The highest BCUT2D eigenvalue weighted by Crippen LogP contribution is 2.35. The number of hydrogen-bond acceptors (Lipinski definition) is 6. The van der Waals surface area contributed by atoms with Crippen molar-refractivity contribution < 1.29 is 13.2 Å². The summed E-state index contributed by atoms with van der Waals surface area (Å²) < 4.78 is 39.8. The molecule has 10 heteroatoms. The van der Waals surface area contributed by atoms with Crippen molar-refractivity contribution in [1.29, 1.82) is 0 Å². The average molecular weight is 417 g/mol. The van der Waals surface area contributed by atoms with E-state index in [4.69, 9.17) is 0 Å². The van der Waals surface area contributed by atoms with E-state index in [-0.39, 0.29) is 0 Å². The Morgan fingerprint density at radius 3 is 2.70 bits per heavy atom. The summed E-state index contributed by atoms with van der Waals surface area (Å²) in [5.74, 6) is 2.46. The molecule has 0 N–H and O–H groups in total. The zero-order valence-corrected chi connectivity index (χ0v) is 16.3. The summed E-state index contributed by atoms with van der Waals surface area (Å²) in [5.41, 5.74) is 1.54. The van der Waals surface area contributed by atoms with Crippen molar-refractivity contribution in [1.82, 2.24) is 24.7 Å². The van der Waals surface area contributed by atoms with Crippen LogP contribution in [0.25, 0.3) is 11.2 Å². The third kappa shape index (κ3) is 3.54. The first-order chi connectivity index (χ1) is 14.6. The Bertz CT molecular complexity index is 1040. The van der Waals surface area contributed by atoms with E-state index in [1.807, 2.05) is 6.07 Å². The maximum Gasteiger partial charge on any atom is 0.258 e. The number of anilines is 2. The molecule has 0 saturated carbocycles. The second kappa shape index (κ2) is 7.73. The number of pyridine rings is 1. The van der Waals surface area contributed by atoms with Crippen LogP contribution in [-0.4, -0.2) is 57.3 Å². The molecule has 0 bridgehead atoms. The topological polar surface area (TPSA) is 63.0 Å². The molecule has 0 spiro atoms. The van der Waals surface area contributed by atoms with Gasteiger partial charge >= 0.3 is 0 Å². The highest BCUT2D eigenvalue weighted by molar-refractivity contribution is 5.71. The number of piperidine rings is 1. The first-order valence-corrected chi connectivity index (χ1v) is 10.1. The van der Waals surface area contributed by atoms with E-state index in [1.54, 1.807) is 18.5 Å². The summed E-state index contributed by atoms with van der Waals surface area (Å²) in [6, 6.07) is 3.51. The molecule has 0 aliphatic carbocycles. The van der Waals surface area contributed by atoms with E-state index in [1.165, 1.54) is 10.9 Å². The van der Waals surface area contributed by atoms with Gasteiger partial charge in [0.1, 0.15) is 30.4 Å². The van der Waals surface area contributed by atoms with Gasteiger partial charge in [0.25, 0.3) is 6.43 Å². The summed E-state index contributed by atoms with van der Waals surface area (Å²) in [6.07, 6.45) is 3.34. The molecule has 158 valence electrons. The molecule has 5 heterocycles. The number of alkyl halides is 3. The van der Waals surface area contributed by atoms with Crippen molar-refractivity contribution in [3.63, 3.8) is 0 Å². The molecule has 2 aliphatic heterocycles. The number of halogens is 3. The van der Waals surface area contributed by atoms with Crippen LogP contribution in [0, 0.1) is 11.8 Å². The lowest BCUT2D eigenvalue weighted by atomic mass is 9.89. The van der Waals surface area contributed by atoms with Gasteiger partial charge in [-0.25, -0.2) is 32.8 Å². The van der Waals surface area contributed by atoms with E-state index in [2.05, 4.69) is 29.9 Å². The maximum atomic E-state index is 13.0. The number of nitrogens with zero attached hydrogens (tertiary/aromatic N) is 7. The molecule has 2 saturated heterocycles. The Morgan fingerprint density at radius 2 is 1.87 bits per heavy atom. The van der Waals surface area contributed by atoms with Gasteiger partial charge in [-0.15, -0.1) is 0 Å². The zero-order chi connectivity index (χ0) is 20.7. The minimum absolute atomic E-state index is 0.386. The van der Waals surface area contributed by atoms with Crippen LogP contribution >= 0.6 is 0 Å². The molecule has 30 heavy (non-hydrogen) atoms. The van der Waals surface area contributed by atoms with Crippen LogP contribution in [0.2, 0.25) is 0 Å². The van der Waals surface area contributed by atoms with E-state index in [0.717, 1.165) is 38.4 Å². The largest absolute Gasteiger partial charge is 0.356 e. The van der Waals surface area contributed by atoms with Crippen molar-refractivity contribution in [2.24, 2.45) is 11.8 Å². The summed E-state index contributed by atoms with van der Waals surface area (Å²) >= 11 is 0. The highest BCUT2D eigenvalue weighted by Gasteiger charge is 2.38. The molecule has 3 aromatic rings. The van der Waals surface area contributed by atoms with Crippen LogP contribution in [-0.2, 0) is 13.2 Å². The number of hydrogen-bond donors (Lipinski definition) is 0. The van der Waals surface area contributed by atoms with Gasteiger partial charge in [0, 0.05) is 32.4 Å². The molecule has 2 fully saturated rings. The van der Waals surface area contributed by atoms with Crippen LogP contribution in [0.15, 0.2) is 30.7 Å². The van der Waals surface area contributed by atoms with Gasteiger partial charge in [0.05, 0.1) is 12.4 Å². The second-order valence-electron chi connectivity index (χ2n) is 7.97. The fraction of sp³-hybridized carbons (Fsp3) is 0.500. The van der Waals surface area contributed by atoms with Crippen molar-refractivity contribution in [3.05, 3.63) is 36.3 Å². The van der Waals surface area contributed by atoms with Gasteiger partial charge in [-0.3, -0.25) is 0 Å². The summed E-state index contributed by atoms with van der Waals surface area (Å²) in [4.78, 5) is 17.8. The maximum absolute atomic E-state index is 13.0. The molecular weight excluding hydrogens is 395 g/mol. The molecule has 2 unspecified atom stereocenters. The molecule has 7 nitrogen and oxygen atoms in total. The SMILES string of the molecule is FCc1ccnc(N2CCC3CN(c4cnc5cnn(CC(F)F)c5n4)CC3C2)c1. The Balaban J connectivity index is 1.33. The van der Waals surface area contributed by atoms with Gasteiger partial charge in [0.15, 0.2) is 5.65 Å². The summed E-state index contributed by atoms with van der Waals surface area (Å²) in [7, 11) is 0. The predicted molar refractivity (Wildman–Crippen MR) is 106 cm³/mol. The molecule has 3 aromatic heterocycles. The van der Waals surface area contributed by atoms with Crippen molar-refractivity contribution in [3.8, 4) is 0 Å². The van der Waals surface area contributed by atoms with Gasteiger partial charge < -0.3 is 9.80 Å². The first-order valence-electron chi connectivity index (χ1n) is 10.1. The molecule has 5 rings (SSSR count). The standard InChI is InChI=1S/C20H22F3N7/c21-6-13-1-3-24-18(5-13)28-4-2-14-9-29(11-15(14)10-28)19-8-25-16-7-26-30(12-17(22)23)20(16)27-19/h1,3,5,7-8,14-15,17H,2,4,6,9-12H2. The quantitative estimate of drug-likeness (QED) is 0.636. The lowest BCUT2D eigenvalue weighted by Crippen LogP contribution is -2.40. The Morgan fingerprint density at radius 1 is 1.03 bits per heavy atom. The van der Waals surface area contributed by atoms with E-state index in [0.29, 0.717) is 34.4 Å². The predicted octanol–water partition coefficient (Wildman–Crippen LogP) is 2.92. The minimum Gasteiger partial charge on any atom is -0.356 e. The second-order valence-corrected chi connectivity index (χ2v) is 7.97. The molecule has 2 aliphatic rings. The third-order valence-electron chi connectivity index (χ3n) is 6.06. The number of fused-ring (bicyclic) bond motifs is 2. The van der Waals surface area contributed by atoms with E-state index < -0.39 is 19.6 Å². The Kier molecular flexibility index (Phi) is 4.92. The molecule has 0 aromatic carbocycles. The molecule has 0 radical (unpaired) electrons. The number of aromatic nitrogens is 5. The fourth-order valence-corrected chi connectivity index (χ4v) is 4.54. The van der Waals surface area contributed by atoms with Crippen molar-refractivity contribution >= 4 is 22.8 Å². The smallest absolute Gasteiger partial charge is 0.258 e. The minimum atomic E-state index is -2.50. The first kappa shape index (κ1) is 19.1. The van der Waals surface area contributed by atoms with Crippen LogP contribution in [0.3, 0.4) is 0 Å². The van der Waals surface area contributed by atoms with Gasteiger partial charge in [-0.05, 0) is 36.0 Å². The van der Waals surface area contributed by atoms with Crippen LogP contribution < -0.4 is 9.80 Å². The van der Waals surface area contributed by atoms with Crippen LogP contribution in [0.5, 0.6) is 0 Å². The van der Waals surface area contributed by atoms with Crippen molar-refractivity contribution in [2.75, 3.05) is 36.0 Å². The Hall–Kier alpha value is -2.91. The van der Waals surface area contributed by atoms with Crippen LogP contribution in [0.1, 0.15) is 12.0 Å². The van der Waals surface area contributed by atoms with Crippen molar-refractivity contribution in [2.45, 2.75) is 26.1 Å². The van der Waals surface area contributed by atoms with E-state index in [9.17, 15) is 13.2 Å². The zero-order valence-electron chi connectivity index (χ0n) is 16.3. The monoisotopic (exact) mass is 417 g/mol. The lowest BCUT2D eigenvalue weighted by Gasteiger charge is -2.35. The fourth-order valence-electron chi connectivity index (χ4n) is 4.54.